The molecule has 6 nitrogen and oxygen atoms in total. The first-order valence-electron chi connectivity index (χ1n) is 3.97. The van der Waals surface area contributed by atoms with Gasteiger partial charge in [-0.25, -0.2) is 9.97 Å². The molecule has 0 aliphatic carbocycles. The van der Waals surface area contributed by atoms with Gasteiger partial charge in [0.2, 0.25) is 0 Å². The molecule has 0 unspecified atom stereocenters. The van der Waals surface area contributed by atoms with Gasteiger partial charge in [-0.1, -0.05) is 0 Å². The van der Waals surface area contributed by atoms with Gasteiger partial charge in [0.05, 0.1) is 23.1 Å². The average molecular weight is 269 g/mol. The van der Waals surface area contributed by atoms with Crippen molar-refractivity contribution in [3.05, 3.63) is 39.4 Å². The first-order valence-corrected chi connectivity index (χ1v) is 4.76. The van der Waals surface area contributed by atoms with Crippen molar-refractivity contribution in [3.8, 4) is 11.4 Å². The van der Waals surface area contributed by atoms with E-state index in [1.165, 1.54) is 24.8 Å². The Morgan fingerprint density at radius 1 is 1.47 bits per heavy atom. The summed E-state index contributed by atoms with van der Waals surface area (Å²) in [5.74, 6) is 0. The summed E-state index contributed by atoms with van der Waals surface area (Å²) in [7, 11) is 0. The summed E-state index contributed by atoms with van der Waals surface area (Å²) in [6.07, 6.45) is 4.44. The van der Waals surface area contributed by atoms with E-state index >= 15 is 0 Å². The van der Waals surface area contributed by atoms with Crippen LogP contribution in [-0.4, -0.2) is 19.9 Å². The molecule has 2 rings (SSSR count). The van der Waals surface area contributed by atoms with Crippen LogP contribution in [0.3, 0.4) is 0 Å². The van der Waals surface area contributed by atoms with Gasteiger partial charge in [0.15, 0.2) is 5.69 Å². The normalized spacial score (nSPS) is 10.2. The summed E-state index contributed by atoms with van der Waals surface area (Å²) in [4.78, 5) is 20.8. The minimum Gasteiger partial charge on any atom is -0.343 e. The number of nitrogens with zero attached hydrogens (tertiary/aromatic N) is 3. The lowest BCUT2D eigenvalue weighted by Crippen LogP contribution is -1.94. The summed E-state index contributed by atoms with van der Waals surface area (Å²) in [6, 6.07) is 1.41. The van der Waals surface area contributed by atoms with E-state index in [2.05, 4.69) is 30.9 Å². The zero-order valence-electron chi connectivity index (χ0n) is 7.35. The standard InChI is InChI=1S/C8H5BrN4O2/c9-5-1-7(13(14)15)8(11-2-5)6-3-10-4-12-6/h1-4H,(H,10,12). The van der Waals surface area contributed by atoms with Crippen LogP contribution in [0.2, 0.25) is 0 Å². The molecule has 0 aliphatic heterocycles. The second-order valence-electron chi connectivity index (χ2n) is 2.74. The van der Waals surface area contributed by atoms with Gasteiger partial charge in [0.25, 0.3) is 5.69 Å². The molecule has 2 aromatic heterocycles. The highest BCUT2D eigenvalue weighted by atomic mass is 79.9. The maximum atomic E-state index is 10.8. The molecule has 0 amide bonds. The first-order chi connectivity index (χ1) is 7.18. The average Bonchev–Trinajstić information content (AvgIpc) is 2.70. The predicted molar refractivity (Wildman–Crippen MR) is 56.2 cm³/mol. The minimum absolute atomic E-state index is 0.0615. The highest BCUT2D eigenvalue weighted by Crippen LogP contribution is 2.28. The van der Waals surface area contributed by atoms with Gasteiger partial charge in [0.1, 0.15) is 0 Å². The number of H-pyrrole nitrogens is 1. The smallest absolute Gasteiger partial charge is 0.298 e. The van der Waals surface area contributed by atoms with Crippen LogP contribution >= 0.6 is 15.9 Å². The van der Waals surface area contributed by atoms with Gasteiger partial charge in [-0.3, -0.25) is 10.1 Å². The van der Waals surface area contributed by atoms with Gasteiger partial charge in [-0.2, -0.15) is 0 Å². The molecule has 0 bridgehead atoms. The van der Waals surface area contributed by atoms with Gasteiger partial charge in [0, 0.05) is 16.7 Å². The molecule has 0 saturated heterocycles. The van der Waals surface area contributed by atoms with Crippen molar-refractivity contribution >= 4 is 21.6 Å². The molecular weight excluding hydrogens is 264 g/mol. The van der Waals surface area contributed by atoms with E-state index in [0.29, 0.717) is 10.2 Å². The summed E-state index contributed by atoms with van der Waals surface area (Å²) in [5, 5.41) is 10.8. The van der Waals surface area contributed by atoms with Crippen LogP contribution in [0.5, 0.6) is 0 Å². The van der Waals surface area contributed by atoms with Crippen molar-refractivity contribution in [2.75, 3.05) is 0 Å². The predicted octanol–water partition coefficient (Wildman–Crippen LogP) is 2.14. The number of pyridine rings is 1. The molecule has 7 heteroatoms. The van der Waals surface area contributed by atoms with E-state index in [4.69, 9.17) is 0 Å². The van der Waals surface area contributed by atoms with Crippen LogP contribution < -0.4 is 0 Å². The number of nitro groups is 1. The van der Waals surface area contributed by atoms with Gasteiger partial charge in [-0.05, 0) is 15.9 Å². The van der Waals surface area contributed by atoms with Crippen molar-refractivity contribution < 1.29 is 4.92 Å². The summed E-state index contributed by atoms with van der Waals surface area (Å²) in [6.45, 7) is 0. The number of imidazole rings is 1. The Kier molecular flexibility index (Phi) is 2.46. The third-order valence-corrected chi connectivity index (χ3v) is 2.22. The van der Waals surface area contributed by atoms with Crippen molar-refractivity contribution in [3.63, 3.8) is 0 Å². The Labute approximate surface area is 92.7 Å². The summed E-state index contributed by atoms with van der Waals surface area (Å²) in [5.41, 5.74) is 0.739. The maximum absolute atomic E-state index is 10.8. The zero-order valence-corrected chi connectivity index (χ0v) is 8.93. The fraction of sp³-hybridized carbons (Fsp3) is 0. The number of aromatic amines is 1. The number of nitrogens with one attached hydrogen (secondary N) is 1. The number of halogens is 1. The number of aromatic nitrogens is 3. The van der Waals surface area contributed by atoms with Gasteiger partial charge in [-0.15, -0.1) is 0 Å². The van der Waals surface area contributed by atoms with Crippen LogP contribution in [0.1, 0.15) is 0 Å². The summed E-state index contributed by atoms with van der Waals surface area (Å²) >= 11 is 3.14. The Morgan fingerprint density at radius 2 is 2.27 bits per heavy atom. The fourth-order valence-electron chi connectivity index (χ4n) is 1.16. The Balaban J connectivity index is 2.61. The SMILES string of the molecule is O=[N+]([O-])c1cc(Br)cnc1-c1cnc[nH]1. The lowest BCUT2D eigenvalue weighted by Gasteiger charge is -1.99. The first kappa shape index (κ1) is 9.78. The van der Waals surface area contributed by atoms with E-state index in [1.54, 1.807) is 0 Å². The van der Waals surface area contributed by atoms with Gasteiger partial charge < -0.3 is 4.98 Å². The van der Waals surface area contributed by atoms with E-state index in [1.807, 2.05) is 0 Å². The van der Waals surface area contributed by atoms with E-state index in [-0.39, 0.29) is 11.4 Å². The summed E-state index contributed by atoms with van der Waals surface area (Å²) < 4.78 is 0.567. The molecule has 15 heavy (non-hydrogen) atoms. The molecule has 0 radical (unpaired) electrons. The number of hydrogen-bond acceptors (Lipinski definition) is 4. The lowest BCUT2D eigenvalue weighted by molar-refractivity contribution is -0.384. The van der Waals surface area contributed by atoms with Crippen molar-refractivity contribution in [2.45, 2.75) is 0 Å². The van der Waals surface area contributed by atoms with Crippen molar-refractivity contribution in [2.24, 2.45) is 0 Å². The second kappa shape index (κ2) is 3.77. The van der Waals surface area contributed by atoms with E-state index < -0.39 is 4.92 Å². The quantitative estimate of drug-likeness (QED) is 0.668. The molecule has 0 atom stereocenters. The van der Waals surface area contributed by atoms with E-state index in [0.717, 1.165) is 0 Å². The molecule has 2 aromatic rings. The molecular formula is C8H5BrN4O2. The van der Waals surface area contributed by atoms with Crippen LogP contribution in [0.4, 0.5) is 5.69 Å². The monoisotopic (exact) mass is 268 g/mol. The van der Waals surface area contributed by atoms with Crippen molar-refractivity contribution in [1.82, 2.24) is 15.0 Å². The largest absolute Gasteiger partial charge is 0.343 e. The molecule has 76 valence electrons. The van der Waals surface area contributed by atoms with Crippen LogP contribution in [0.25, 0.3) is 11.4 Å². The maximum Gasteiger partial charge on any atom is 0.298 e. The molecule has 0 aromatic carbocycles. The van der Waals surface area contributed by atoms with Crippen molar-refractivity contribution in [1.29, 1.82) is 0 Å². The number of hydrogen-bond donors (Lipinski definition) is 1. The molecule has 0 spiro atoms. The topological polar surface area (TPSA) is 84.7 Å². The third-order valence-electron chi connectivity index (χ3n) is 1.78. The molecule has 0 fully saturated rings. The Morgan fingerprint density at radius 3 is 2.87 bits per heavy atom. The molecule has 0 saturated carbocycles. The fourth-order valence-corrected chi connectivity index (χ4v) is 1.48. The van der Waals surface area contributed by atoms with Crippen LogP contribution in [-0.2, 0) is 0 Å². The Bertz CT molecular complexity index is 497. The highest BCUT2D eigenvalue weighted by molar-refractivity contribution is 9.10. The van der Waals surface area contributed by atoms with Gasteiger partial charge >= 0.3 is 0 Å². The lowest BCUT2D eigenvalue weighted by atomic mass is 10.2. The zero-order chi connectivity index (χ0) is 10.8. The highest BCUT2D eigenvalue weighted by Gasteiger charge is 2.18. The van der Waals surface area contributed by atoms with E-state index in [9.17, 15) is 10.1 Å². The minimum atomic E-state index is -0.478. The molecule has 2 heterocycles. The van der Waals surface area contributed by atoms with Crippen LogP contribution in [0.15, 0.2) is 29.3 Å². The number of rotatable bonds is 2. The molecule has 1 N–H and O–H groups in total. The van der Waals surface area contributed by atoms with Crippen LogP contribution in [0, 0.1) is 10.1 Å². The third kappa shape index (κ3) is 1.86. The molecule has 0 aliphatic rings. The second-order valence-corrected chi connectivity index (χ2v) is 3.66. The Hall–Kier alpha value is -1.76.